The molecule has 1 rings (SSSR count). The number of alkyl carbamates (subject to hydrolysis) is 1. The lowest BCUT2D eigenvalue weighted by molar-refractivity contribution is 0.0523. The van der Waals surface area contributed by atoms with Crippen molar-refractivity contribution in [2.45, 2.75) is 45.8 Å². The van der Waals surface area contributed by atoms with Gasteiger partial charge in [-0.3, -0.25) is 4.79 Å². The number of amides is 2. The van der Waals surface area contributed by atoms with Crippen LogP contribution in [0.2, 0.25) is 0 Å². The minimum Gasteiger partial charge on any atom is -0.444 e. The molecule has 0 aliphatic heterocycles. The van der Waals surface area contributed by atoms with Crippen LogP contribution in [0.3, 0.4) is 0 Å². The molecule has 1 aromatic rings. The van der Waals surface area contributed by atoms with Crippen LogP contribution in [0.25, 0.3) is 0 Å². The molecule has 0 bridgehead atoms. The molecule has 0 spiro atoms. The predicted molar refractivity (Wildman–Crippen MR) is 88.2 cm³/mol. The number of carbonyl (C=O) groups is 2. The number of rotatable bonds is 7. The normalized spacial score (nSPS) is 11.0. The smallest absolute Gasteiger partial charge is 0.407 e. The summed E-state index contributed by atoms with van der Waals surface area (Å²) in [4.78, 5) is 23.4. The zero-order chi connectivity index (χ0) is 17.3. The summed E-state index contributed by atoms with van der Waals surface area (Å²) in [6.07, 6.45) is 0.957. The van der Waals surface area contributed by atoms with Crippen LogP contribution in [0.15, 0.2) is 24.3 Å². The van der Waals surface area contributed by atoms with E-state index in [0.717, 1.165) is 12.0 Å². The lowest BCUT2D eigenvalue weighted by Gasteiger charge is -2.19. The largest absolute Gasteiger partial charge is 0.444 e. The van der Waals surface area contributed by atoms with Crippen LogP contribution in [0, 0.1) is 0 Å². The van der Waals surface area contributed by atoms with E-state index >= 15 is 0 Å². The van der Waals surface area contributed by atoms with Crippen LogP contribution in [0.5, 0.6) is 0 Å². The number of aliphatic hydroxyl groups is 1. The Morgan fingerprint density at radius 1 is 1.09 bits per heavy atom. The minimum atomic E-state index is -0.526. The molecule has 0 aromatic heterocycles. The third kappa shape index (κ3) is 8.21. The molecule has 3 N–H and O–H groups in total. The molecule has 0 fully saturated rings. The third-order valence-electron chi connectivity index (χ3n) is 2.92. The highest BCUT2D eigenvalue weighted by atomic mass is 16.6. The lowest BCUT2D eigenvalue weighted by Crippen LogP contribution is -2.32. The Morgan fingerprint density at radius 2 is 1.74 bits per heavy atom. The molecular weight excluding hydrogens is 296 g/mol. The zero-order valence-electron chi connectivity index (χ0n) is 14.0. The summed E-state index contributed by atoms with van der Waals surface area (Å²) in [5.74, 6) is -0.144. The van der Waals surface area contributed by atoms with Crippen molar-refractivity contribution < 1.29 is 19.4 Å². The molecule has 0 aliphatic carbocycles. The average Bonchev–Trinajstić information content (AvgIpc) is 2.48. The molecule has 0 saturated heterocycles. The lowest BCUT2D eigenvalue weighted by atomic mass is 10.1. The predicted octanol–water partition coefficient (Wildman–Crippen LogP) is 2.21. The monoisotopic (exact) mass is 322 g/mol. The number of unbranched alkanes of at least 4 members (excludes halogenated alkanes) is 1. The molecule has 6 nitrogen and oxygen atoms in total. The molecule has 0 heterocycles. The second-order valence-corrected chi connectivity index (χ2v) is 6.24. The van der Waals surface area contributed by atoms with Gasteiger partial charge in [-0.2, -0.15) is 0 Å². The van der Waals surface area contributed by atoms with E-state index in [2.05, 4.69) is 10.6 Å². The fourth-order valence-electron chi connectivity index (χ4n) is 1.80. The average molecular weight is 322 g/mol. The van der Waals surface area contributed by atoms with E-state index in [4.69, 9.17) is 9.84 Å². The first-order valence-corrected chi connectivity index (χ1v) is 7.76. The van der Waals surface area contributed by atoms with E-state index in [9.17, 15) is 9.59 Å². The van der Waals surface area contributed by atoms with Gasteiger partial charge in [0.05, 0.1) is 0 Å². The zero-order valence-corrected chi connectivity index (χ0v) is 14.0. The van der Waals surface area contributed by atoms with Crippen molar-refractivity contribution in [1.29, 1.82) is 0 Å². The van der Waals surface area contributed by atoms with Gasteiger partial charge in [-0.25, -0.2) is 4.79 Å². The second-order valence-electron chi connectivity index (χ2n) is 6.24. The van der Waals surface area contributed by atoms with Crippen LogP contribution >= 0.6 is 0 Å². The highest BCUT2D eigenvalue weighted by molar-refractivity contribution is 5.94. The topological polar surface area (TPSA) is 87.7 Å². The van der Waals surface area contributed by atoms with Crippen LogP contribution in [0.4, 0.5) is 4.79 Å². The minimum absolute atomic E-state index is 0.134. The number of hydrogen-bond acceptors (Lipinski definition) is 4. The molecule has 128 valence electrons. The maximum absolute atomic E-state index is 11.9. The van der Waals surface area contributed by atoms with Crippen molar-refractivity contribution in [3.8, 4) is 0 Å². The molecule has 0 aliphatic rings. The number of nitrogens with one attached hydrogen (secondary N) is 2. The molecule has 2 amide bonds. The second kappa shape index (κ2) is 9.15. The maximum Gasteiger partial charge on any atom is 0.407 e. The van der Waals surface area contributed by atoms with Gasteiger partial charge in [0.25, 0.3) is 5.91 Å². The molecule has 0 radical (unpaired) electrons. The quantitative estimate of drug-likeness (QED) is 0.672. The molecule has 0 atom stereocenters. The first-order chi connectivity index (χ1) is 10.8. The molecule has 0 saturated carbocycles. The van der Waals surface area contributed by atoms with Crippen molar-refractivity contribution in [3.05, 3.63) is 35.4 Å². The third-order valence-corrected chi connectivity index (χ3v) is 2.92. The summed E-state index contributed by atoms with van der Waals surface area (Å²) in [6, 6.07) is 7.01. The van der Waals surface area contributed by atoms with Crippen molar-refractivity contribution in [3.63, 3.8) is 0 Å². The summed E-state index contributed by atoms with van der Waals surface area (Å²) in [5, 5.41) is 14.1. The van der Waals surface area contributed by atoms with Gasteiger partial charge in [0.2, 0.25) is 0 Å². The van der Waals surface area contributed by atoms with E-state index in [0.29, 0.717) is 25.1 Å². The Bertz CT molecular complexity index is 506. The van der Waals surface area contributed by atoms with Crippen LogP contribution < -0.4 is 10.6 Å². The number of hydrogen-bond donors (Lipinski definition) is 3. The Balaban J connectivity index is 2.41. The fourth-order valence-corrected chi connectivity index (χ4v) is 1.80. The molecule has 1 aromatic carbocycles. The number of ether oxygens (including phenoxy) is 1. The van der Waals surface area contributed by atoms with Crippen LogP contribution in [0.1, 0.15) is 49.5 Å². The number of benzene rings is 1. The van der Waals surface area contributed by atoms with Gasteiger partial charge in [0.15, 0.2) is 0 Å². The summed E-state index contributed by atoms with van der Waals surface area (Å²) >= 11 is 0. The van der Waals surface area contributed by atoms with Crippen LogP contribution in [-0.4, -0.2) is 35.9 Å². The van der Waals surface area contributed by atoms with Gasteiger partial charge in [-0.1, -0.05) is 12.1 Å². The van der Waals surface area contributed by atoms with Crippen molar-refractivity contribution in [2.75, 3.05) is 13.2 Å². The Labute approximate surface area is 137 Å². The van der Waals surface area contributed by atoms with E-state index < -0.39 is 11.7 Å². The fraction of sp³-hybridized carbons (Fsp3) is 0.529. The Morgan fingerprint density at radius 3 is 2.30 bits per heavy atom. The van der Waals surface area contributed by atoms with E-state index in [1.165, 1.54) is 0 Å². The molecule has 6 heteroatoms. The van der Waals surface area contributed by atoms with Gasteiger partial charge in [0.1, 0.15) is 5.60 Å². The van der Waals surface area contributed by atoms with Gasteiger partial charge in [-0.15, -0.1) is 0 Å². The standard InChI is InChI=1S/C17H26N2O4/c1-17(2,3)23-16(22)19-12-13-6-8-14(9-7-13)15(21)18-10-4-5-11-20/h6-9,20H,4-5,10-12H2,1-3H3,(H,18,21)(H,19,22). The number of aliphatic hydroxyl groups excluding tert-OH is 1. The Kier molecular flexibility index (Phi) is 7.54. The summed E-state index contributed by atoms with van der Waals surface area (Å²) in [6.45, 7) is 6.44. The van der Waals surface area contributed by atoms with Crippen molar-refractivity contribution in [2.24, 2.45) is 0 Å². The first kappa shape index (κ1) is 19.0. The van der Waals surface area contributed by atoms with Gasteiger partial charge in [0, 0.05) is 25.3 Å². The Hall–Kier alpha value is -2.08. The summed E-state index contributed by atoms with van der Waals surface area (Å²) in [5.41, 5.74) is 0.921. The molecule has 23 heavy (non-hydrogen) atoms. The highest BCUT2D eigenvalue weighted by Gasteiger charge is 2.15. The summed E-state index contributed by atoms with van der Waals surface area (Å²) in [7, 11) is 0. The highest BCUT2D eigenvalue weighted by Crippen LogP contribution is 2.08. The maximum atomic E-state index is 11.9. The van der Waals surface area contributed by atoms with E-state index in [-0.39, 0.29) is 12.5 Å². The van der Waals surface area contributed by atoms with Gasteiger partial charge < -0.3 is 20.5 Å². The van der Waals surface area contributed by atoms with E-state index in [1.54, 1.807) is 45.0 Å². The molecule has 0 unspecified atom stereocenters. The van der Waals surface area contributed by atoms with Gasteiger partial charge in [-0.05, 0) is 51.3 Å². The number of carbonyl (C=O) groups excluding carboxylic acids is 2. The van der Waals surface area contributed by atoms with E-state index in [1.807, 2.05) is 0 Å². The molecular formula is C17H26N2O4. The van der Waals surface area contributed by atoms with Crippen molar-refractivity contribution in [1.82, 2.24) is 10.6 Å². The first-order valence-electron chi connectivity index (χ1n) is 7.76. The van der Waals surface area contributed by atoms with Crippen molar-refractivity contribution >= 4 is 12.0 Å². The van der Waals surface area contributed by atoms with Gasteiger partial charge >= 0.3 is 6.09 Å². The SMILES string of the molecule is CC(C)(C)OC(=O)NCc1ccc(C(=O)NCCCCO)cc1. The van der Waals surface area contributed by atoms with Crippen LogP contribution in [-0.2, 0) is 11.3 Å². The summed E-state index contributed by atoms with van der Waals surface area (Å²) < 4.78 is 5.15.